The fourth-order valence-corrected chi connectivity index (χ4v) is 6.13. The number of hydrogen-bond acceptors (Lipinski definition) is 6. The van der Waals surface area contributed by atoms with Gasteiger partial charge in [0.25, 0.3) is 0 Å². The first-order valence-corrected chi connectivity index (χ1v) is 12.8. The van der Waals surface area contributed by atoms with Gasteiger partial charge in [-0.25, -0.2) is 17.8 Å². The molecule has 3 aromatic rings. The number of sulfonamides is 1. The van der Waals surface area contributed by atoms with Crippen LogP contribution in [0.3, 0.4) is 0 Å². The van der Waals surface area contributed by atoms with Gasteiger partial charge in [-0.05, 0) is 38.3 Å². The highest BCUT2D eigenvalue weighted by molar-refractivity contribution is 7.92. The predicted molar refractivity (Wildman–Crippen MR) is 124 cm³/mol. The maximum absolute atomic E-state index is 14.8. The summed E-state index contributed by atoms with van der Waals surface area (Å²) in [5, 5.41) is 10.3. The minimum absolute atomic E-state index is 0.0790. The summed E-state index contributed by atoms with van der Waals surface area (Å²) in [6.45, 7) is 8.37. The Labute approximate surface area is 192 Å². The topological polar surface area (TPSA) is 113 Å². The quantitative estimate of drug-likeness (QED) is 0.480. The van der Waals surface area contributed by atoms with Crippen LogP contribution in [0.25, 0.3) is 0 Å². The highest BCUT2D eigenvalue weighted by atomic mass is 32.2. The van der Waals surface area contributed by atoms with Crippen LogP contribution >= 0.6 is 0 Å². The smallest absolute Gasteiger partial charge is 0.237 e. The number of nitrogens with one attached hydrogen (secondary N) is 3. The minimum atomic E-state index is -3.51. The summed E-state index contributed by atoms with van der Waals surface area (Å²) in [6.07, 6.45) is 2.87. The molecule has 1 aromatic carbocycles. The van der Waals surface area contributed by atoms with Gasteiger partial charge >= 0.3 is 0 Å². The molecule has 8 nitrogen and oxygen atoms in total. The minimum Gasteiger partial charge on any atom is -0.445 e. The van der Waals surface area contributed by atoms with Crippen molar-refractivity contribution >= 4 is 27.2 Å². The number of rotatable bonds is 4. The van der Waals surface area contributed by atoms with Gasteiger partial charge in [-0.15, -0.1) is 0 Å². The molecule has 3 heterocycles. The Bertz CT molecular complexity index is 1320. The Morgan fingerprint density at radius 2 is 1.97 bits per heavy atom. The first-order valence-electron chi connectivity index (χ1n) is 11.1. The molecule has 33 heavy (non-hydrogen) atoms. The van der Waals surface area contributed by atoms with Crippen molar-refractivity contribution in [2.24, 2.45) is 0 Å². The zero-order valence-corrected chi connectivity index (χ0v) is 19.9. The van der Waals surface area contributed by atoms with Crippen LogP contribution < -0.4 is 10.0 Å². The summed E-state index contributed by atoms with van der Waals surface area (Å²) in [6, 6.07) is 4.96. The van der Waals surface area contributed by atoms with Crippen LogP contribution in [0, 0.1) is 12.7 Å². The molecule has 176 valence electrons. The summed E-state index contributed by atoms with van der Waals surface area (Å²) < 4.78 is 46.8. The number of aryl methyl sites for hydroxylation is 1. The Kier molecular flexibility index (Phi) is 5.04. The lowest BCUT2D eigenvalue weighted by Gasteiger charge is -2.15. The van der Waals surface area contributed by atoms with E-state index in [1.807, 2.05) is 13.0 Å². The van der Waals surface area contributed by atoms with E-state index in [0.717, 1.165) is 42.3 Å². The molecule has 2 aliphatic rings. The van der Waals surface area contributed by atoms with E-state index in [-0.39, 0.29) is 39.9 Å². The average molecular weight is 474 g/mol. The van der Waals surface area contributed by atoms with Gasteiger partial charge in [0.2, 0.25) is 10.0 Å². The lowest BCUT2D eigenvalue weighted by molar-refractivity contribution is 0.361. The number of fused-ring (bicyclic) bond motifs is 1. The molecule has 0 bridgehead atoms. The number of halogens is 1. The van der Waals surface area contributed by atoms with Gasteiger partial charge in [-0.3, -0.25) is 9.82 Å². The van der Waals surface area contributed by atoms with E-state index in [1.54, 1.807) is 6.07 Å². The molecule has 1 aliphatic heterocycles. The highest BCUT2D eigenvalue weighted by Crippen LogP contribution is 2.44. The molecule has 2 atom stereocenters. The number of nitrogens with zero attached hydrogens (tertiary/aromatic N) is 2. The molecule has 2 unspecified atom stereocenters. The Balaban J connectivity index is 1.29. The van der Waals surface area contributed by atoms with Crippen LogP contribution in [0.5, 0.6) is 0 Å². The normalized spacial score (nSPS) is 21.7. The van der Waals surface area contributed by atoms with E-state index >= 15 is 0 Å². The summed E-state index contributed by atoms with van der Waals surface area (Å²) in [7, 11) is -3.51. The van der Waals surface area contributed by atoms with Gasteiger partial charge in [0, 0.05) is 34.6 Å². The van der Waals surface area contributed by atoms with Crippen LogP contribution in [0.2, 0.25) is 0 Å². The molecular formula is C23H28FN5O3S. The standard InChI is InChI=1S/C23H28FN5O3S/c1-12-21(23(2,3)4)32-22(25-12)14-6-5-13(9-14)18-10-19(28-27-18)26-17-8-7-16-15(20(17)24)11-33(30,31)29-16/h7-8,10,13-14,29H,5-6,9,11H2,1-4H3,(H2,26,27,28). The van der Waals surface area contributed by atoms with Gasteiger partial charge in [0.1, 0.15) is 5.76 Å². The number of anilines is 3. The lowest BCUT2D eigenvalue weighted by atomic mass is 9.92. The number of oxazole rings is 1. The third-order valence-electron chi connectivity index (χ3n) is 6.42. The highest BCUT2D eigenvalue weighted by Gasteiger charge is 2.33. The lowest BCUT2D eigenvalue weighted by Crippen LogP contribution is -2.11. The largest absolute Gasteiger partial charge is 0.445 e. The van der Waals surface area contributed by atoms with Gasteiger partial charge in [0.15, 0.2) is 17.5 Å². The number of aromatic nitrogens is 3. The van der Waals surface area contributed by atoms with E-state index in [9.17, 15) is 12.8 Å². The van der Waals surface area contributed by atoms with Crippen LogP contribution in [-0.4, -0.2) is 23.6 Å². The van der Waals surface area contributed by atoms with Crippen molar-refractivity contribution in [2.75, 3.05) is 10.0 Å². The van der Waals surface area contributed by atoms with E-state index in [2.05, 4.69) is 41.0 Å². The van der Waals surface area contributed by atoms with E-state index in [4.69, 9.17) is 9.40 Å². The Morgan fingerprint density at radius 1 is 1.21 bits per heavy atom. The van der Waals surface area contributed by atoms with Crippen molar-refractivity contribution in [2.45, 2.75) is 70.0 Å². The van der Waals surface area contributed by atoms with Crippen molar-refractivity contribution in [3.63, 3.8) is 0 Å². The monoisotopic (exact) mass is 473 g/mol. The van der Waals surface area contributed by atoms with Crippen molar-refractivity contribution in [3.8, 4) is 0 Å². The van der Waals surface area contributed by atoms with Gasteiger partial charge in [-0.1, -0.05) is 20.8 Å². The van der Waals surface area contributed by atoms with E-state index < -0.39 is 15.8 Å². The fourth-order valence-electron chi connectivity index (χ4n) is 4.87. The molecule has 0 saturated heterocycles. The zero-order chi connectivity index (χ0) is 23.5. The van der Waals surface area contributed by atoms with Crippen molar-refractivity contribution in [1.82, 2.24) is 15.2 Å². The Morgan fingerprint density at radius 3 is 2.70 bits per heavy atom. The molecule has 1 aliphatic carbocycles. The third-order valence-corrected chi connectivity index (χ3v) is 7.62. The molecule has 0 spiro atoms. The molecule has 2 aromatic heterocycles. The summed E-state index contributed by atoms with van der Waals surface area (Å²) in [4.78, 5) is 4.70. The van der Waals surface area contributed by atoms with Crippen molar-refractivity contribution < 1.29 is 17.2 Å². The first-order chi connectivity index (χ1) is 15.5. The molecule has 1 fully saturated rings. The van der Waals surface area contributed by atoms with Crippen LogP contribution in [0.15, 0.2) is 22.6 Å². The third kappa shape index (κ3) is 4.12. The molecule has 0 radical (unpaired) electrons. The second kappa shape index (κ2) is 7.58. The maximum atomic E-state index is 14.8. The summed E-state index contributed by atoms with van der Waals surface area (Å²) in [5.41, 5.74) is 2.47. The molecule has 3 N–H and O–H groups in total. The van der Waals surface area contributed by atoms with Crippen LogP contribution in [-0.2, 0) is 21.2 Å². The average Bonchev–Trinajstić information content (AvgIpc) is 3.48. The van der Waals surface area contributed by atoms with Crippen molar-refractivity contribution in [3.05, 3.63) is 52.6 Å². The van der Waals surface area contributed by atoms with E-state index in [0.29, 0.717) is 5.82 Å². The Hall–Kier alpha value is -2.88. The molecule has 10 heteroatoms. The maximum Gasteiger partial charge on any atom is 0.237 e. The molecule has 0 amide bonds. The number of aromatic amines is 1. The summed E-state index contributed by atoms with van der Waals surface area (Å²) >= 11 is 0. The van der Waals surface area contributed by atoms with Gasteiger partial charge < -0.3 is 9.73 Å². The number of H-pyrrole nitrogens is 1. The zero-order valence-electron chi connectivity index (χ0n) is 19.1. The molecular weight excluding hydrogens is 445 g/mol. The number of hydrogen-bond donors (Lipinski definition) is 3. The SMILES string of the molecule is Cc1nc(C2CCC(c3cc(Nc4ccc5c(c4F)CS(=O)(=O)N5)n[nH]3)C2)oc1C(C)(C)C. The molecule has 5 rings (SSSR count). The fraction of sp³-hybridized carbons (Fsp3) is 0.478. The van der Waals surface area contributed by atoms with E-state index in [1.165, 1.54) is 6.07 Å². The molecule has 1 saturated carbocycles. The van der Waals surface area contributed by atoms with Crippen LogP contribution in [0.1, 0.15) is 80.5 Å². The van der Waals surface area contributed by atoms with Crippen molar-refractivity contribution in [1.29, 1.82) is 0 Å². The second-order valence-electron chi connectivity index (χ2n) is 10.1. The second-order valence-corrected chi connectivity index (χ2v) is 11.8. The summed E-state index contributed by atoms with van der Waals surface area (Å²) in [5.74, 6) is 1.82. The van der Waals surface area contributed by atoms with Gasteiger partial charge in [0.05, 0.1) is 22.8 Å². The van der Waals surface area contributed by atoms with Gasteiger partial charge in [-0.2, -0.15) is 5.10 Å². The first kappa shape index (κ1) is 21.9. The predicted octanol–water partition coefficient (Wildman–Crippen LogP) is 5.19. The number of benzene rings is 1. The van der Waals surface area contributed by atoms with Crippen LogP contribution in [0.4, 0.5) is 21.6 Å².